The molecule has 0 radical (unpaired) electrons. The maximum Gasteiger partial charge on any atom is 0.163 e. The zero-order chi connectivity index (χ0) is 20.3. The highest BCUT2D eigenvalue weighted by molar-refractivity contribution is 5.91. The van der Waals surface area contributed by atoms with Crippen LogP contribution in [0.4, 0.5) is 11.5 Å². The van der Waals surface area contributed by atoms with Gasteiger partial charge in [-0.05, 0) is 36.4 Å². The van der Waals surface area contributed by atoms with Crippen molar-refractivity contribution in [2.75, 3.05) is 43.1 Å². The van der Waals surface area contributed by atoms with Crippen molar-refractivity contribution in [1.82, 2.24) is 15.0 Å². The number of para-hydroxylation sites is 3. The van der Waals surface area contributed by atoms with Gasteiger partial charge in [-0.3, -0.25) is 4.98 Å². The first-order valence-corrected chi connectivity index (χ1v) is 10.1. The van der Waals surface area contributed by atoms with E-state index in [1.165, 1.54) is 0 Å². The summed E-state index contributed by atoms with van der Waals surface area (Å²) in [5.74, 6) is 2.61. The summed E-state index contributed by atoms with van der Waals surface area (Å²) in [6.45, 7) is 3.57. The van der Waals surface area contributed by atoms with Gasteiger partial charge in [-0.1, -0.05) is 24.3 Å². The normalized spacial score (nSPS) is 14.2. The zero-order valence-electron chi connectivity index (χ0n) is 16.9. The summed E-state index contributed by atoms with van der Waals surface area (Å²) in [4.78, 5) is 18.7. The first kappa shape index (κ1) is 18.4. The molecule has 6 heteroatoms. The van der Waals surface area contributed by atoms with Crippen LogP contribution < -0.4 is 14.5 Å². The van der Waals surface area contributed by atoms with E-state index in [0.29, 0.717) is 5.82 Å². The smallest absolute Gasteiger partial charge is 0.163 e. The zero-order valence-corrected chi connectivity index (χ0v) is 16.9. The first-order chi connectivity index (χ1) is 14.8. The van der Waals surface area contributed by atoms with Crippen LogP contribution in [-0.4, -0.2) is 48.2 Å². The first-order valence-electron chi connectivity index (χ1n) is 10.1. The van der Waals surface area contributed by atoms with E-state index < -0.39 is 0 Å². The number of benzene rings is 2. The lowest BCUT2D eigenvalue weighted by Crippen LogP contribution is -2.47. The Morgan fingerprint density at radius 1 is 0.800 bits per heavy atom. The monoisotopic (exact) mass is 397 g/mol. The van der Waals surface area contributed by atoms with Crippen molar-refractivity contribution in [3.8, 4) is 17.1 Å². The van der Waals surface area contributed by atoms with E-state index in [2.05, 4.69) is 33.0 Å². The molecule has 0 unspecified atom stereocenters. The molecule has 30 heavy (non-hydrogen) atoms. The second-order valence-corrected chi connectivity index (χ2v) is 7.28. The van der Waals surface area contributed by atoms with Crippen molar-refractivity contribution in [2.45, 2.75) is 0 Å². The van der Waals surface area contributed by atoms with E-state index in [-0.39, 0.29) is 0 Å². The van der Waals surface area contributed by atoms with Crippen LogP contribution in [0.25, 0.3) is 22.3 Å². The Bertz CT molecular complexity index is 1160. The van der Waals surface area contributed by atoms with E-state index in [1.807, 2.05) is 48.7 Å². The summed E-state index contributed by atoms with van der Waals surface area (Å²) in [6.07, 6.45) is 3.58. The van der Waals surface area contributed by atoms with Gasteiger partial charge in [-0.15, -0.1) is 0 Å². The van der Waals surface area contributed by atoms with Gasteiger partial charge in [0.25, 0.3) is 0 Å². The molecule has 3 heterocycles. The number of methoxy groups -OCH3 is 1. The van der Waals surface area contributed by atoms with Gasteiger partial charge in [0.05, 0.1) is 18.3 Å². The lowest BCUT2D eigenvalue weighted by Gasteiger charge is -2.37. The molecule has 2 aromatic carbocycles. The molecule has 0 saturated carbocycles. The highest BCUT2D eigenvalue weighted by Crippen LogP contribution is 2.31. The Hall–Kier alpha value is -3.67. The maximum atomic E-state index is 5.55. The number of nitrogens with zero attached hydrogens (tertiary/aromatic N) is 5. The van der Waals surface area contributed by atoms with Crippen LogP contribution in [0.5, 0.6) is 5.75 Å². The molecule has 5 rings (SSSR count). The Kier molecular flexibility index (Phi) is 4.89. The number of hydrogen-bond acceptors (Lipinski definition) is 6. The van der Waals surface area contributed by atoms with Crippen molar-refractivity contribution in [3.63, 3.8) is 0 Å². The average molecular weight is 397 g/mol. The third-order valence-corrected chi connectivity index (χ3v) is 5.51. The summed E-state index contributed by atoms with van der Waals surface area (Å²) < 4.78 is 5.55. The van der Waals surface area contributed by atoms with E-state index in [4.69, 9.17) is 14.7 Å². The molecular formula is C24H23N5O. The van der Waals surface area contributed by atoms with Gasteiger partial charge in [-0.25, -0.2) is 9.97 Å². The van der Waals surface area contributed by atoms with Gasteiger partial charge in [0.1, 0.15) is 11.6 Å². The predicted octanol–water partition coefficient (Wildman–Crippen LogP) is 4.03. The SMILES string of the molecule is COc1ccccc1N1CCN(c2nc(-c3cccnc3)nc3ccccc23)CC1. The Labute approximate surface area is 175 Å². The van der Waals surface area contributed by atoms with Crippen molar-refractivity contribution >= 4 is 22.4 Å². The molecule has 150 valence electrons. The van der Waals surface area contributed by atoms with Crippen LogP contribution in [-0.2, 0) is 0 Å². The van der Waals surface area contributed by atoms with Crippen molar-refractivity contribution < 1.29 is 4.74 Å². The summed E-state index contributed by atoms with van der Waals surface area (Å²) in [5.41, 5.74) is 3.02. The minimum Gasteiger partial charge on any atom is -0.495 e. The van der Waals surface area contributed by atoms with Gasteiger partial charge >= 0.3 is 0 Å². The molecule has 1 fully saturated rings. The lowest BCUT2D eigenvalue weighted by atomic mass is 10.1. The number of piperazine rings is 1. The third-order valence-electron chi connectivity index (χ3n) is 5.51. The quantitative estimate of drug-likeness (QED) is 0.518. The fraction of sp³-hybridized carbons (Fsp3) is 0.208. The molecule has 1 aliphatic heterocycles. The van der Waals surface area contributed by atoms with Gasteiger partial charge in [0, 0.05) is 49.5 Å². The molecule has 0 bridgehead atoms. The van der Waals surface area contributed by atoms with E-state index in [0.717, 1.165) is 59.9 Å². The highest BCUT2D eigenvalue weighted by Gasteiger charge is 2.22. The number of fused-ring (bicyclic) bond motifs is 1. The Morgan fingerprint density at radius 2 is 1.57 bits per heavy atom. The molecule has 0 aliphatic carbocycles. The predicted molar refractivity (Wildman–Crippen MR) is 120 cm³/mol. The van der Waals surface area contributed by atoms with Crippen molar-refractivity contribution in [2.24, 2.45) is 0 Å². The molecule has 0 spiro atoms. The summed E-state index contributed by atoms with van der Waals surface area (Å²) in [7, 11) is 1.72. The van der Waals surface area contributed by atoms with Crippen LogP contribution in [0.3, 0.4) is 0 Å². The maximum absolute atomic E-state index is 5.55. The van der Waals surface area contributed by atoms with Gasteiger partial charge in [-0.2, -0.15) is 0 Å². The molecule has 0 amide bonds. The molecule has 1 aliphatic rings. The van der Waals surface area contributed by atoms with Crippen LogP contribution in [0.15, 0.2) is 73.1 Å². The molecular weight excluding hydrogens is 374 g/mol. The molecule has 0 N–H and O–H groups in total. The van der Waals surface area contributed by atoms with Gasteiger partial charge in [0.15, 0.2) is 5.82 Å². The highest BCUT2D eigenvalue weighted by atomic mass is 16.5. The number of anilines is 2. The molecule has 4 aromatic rings. The van der Waals surface area contributed by atoms with Crippen LogP contribution in [0.2, 0.25) is 0 Å². The topological polar surface area (TPSA) is 54.4 Å². The molecule has 6 nitrogen and oxygen atoms in total. The van der Waals surface area contributed by atoms with Crippen LogP contribution in [0.1, 0.15) is 0 Å². The van der Waals surface area contributed by atoms with Crippen LogP contribution in [0, 0.1) is 0 Å². The van der Waals surface area contributed by atoms with Crippen LogP contribution >= 0.6 is 0 Å². The molecule has 2 aromatic heterocycles. The molecule has 1 saturated heterocycles. The third kappa shape index (κ3) is 3.41. The second kappa shape index (κ2) is 7.99. The van der Waals surface area contributed by atoms with E-state index >= 15 is 0 Å². The molecule has 0 atom stereocenters. The average Bonchev–Trinajstić information content (AvgIpc) is 2.84. The second-order valence-electron chi connectivity index (χ2n) is 7.28. The fourth-order valence-corrected chi connectivity index (χ4v) is 3.98. The fourth-order valence-electron chi connectivity index (χ4n) is 3.98. The van der Waals surface area contributed by atoms with E-state index in [1.54, 1.807) is 13.3 Å². The largest absolute Gasteiger partial charge is 0.495 e. The summed E-state index contributed by atoms with van der Waals surface area (Å²) in [6, 6.07) is 20.3. The Morgan fingerprint density at radius 3 is 2.37 bits per heavy atom. The standard InChI is InChI=1S/C24H23N5O/c1-30-22-11-5-4-10-21(22)28-13-15-29(16-14-28)24-19-8-2-3-9-20(19)26-23(27-24)18-7-6-12-25-17-18/h2-12,17H,13-16H2,1H3. The van der Waals surface area contributed by atoms with Gasteiger partial charge < -0.3 is 14.5 Å². The minimum atomic E-state index is 0.712. The minimum absolute atomic E-state index is 0.712. The number of hydrogen-bond donors (Lipinski definition) is 0. The van der Waals surface area contributed by atoms with Crippen molar-refractivity contribution in [3.05, 3.63) is 73.1 Å². The number of pyridine rings is 1. The summed E-state index contributed by atoms with van der Waals surface area (Å²) in [5, 5.41) is 1.08. The number of ether oxygens (including phenoxy) is 1. The Balaban J connectivity index is 1.47. The van der Waals surface area contributed by atoms with Crippen molar-refractivity contribution in [1.29, 1.82) is 0 Å². The number of aromatic nitrogens is 3. The number of rotatable bonds is 4. The van der Waals surface area contributed by atoms with E-state index in [9.17, 15) is 0 Å². The summed E-state index contributed by atoms with van der Waals surface area (Å²) >= 11 is 0. The van der Waals surface area contributed by atoms with Gasteiger partial charge in [0.2, 0.25) is 0 Å². The lowest BCUT2D eigenvalue weighted by molar-refractivity contribution is 0.413.